The molecule has 1 aromatic heterocycles. The number of hydrogen-bond acceptors (Lipinski definition) is 4. The molecule has 0 saturated carbocycles. The van der Waals surface area contributed by atoms with Gasteiger partial charge in [0.15, 0.2) is 0 Å². The van der Waals surface area contributed by atoms with Crippen molar-refractivity contribution in [2.75, 3.05) is 26.7 Å². The van der Waals surface area contributed by atoms with Gasteiger partial charge in [0.25, 0.3) is 0 Å². The minimum atomic E-state index is 0.866. The molecule has 96 valence electrons. The summed E-state index contributed by atoms with van der Waals surface area (Å²) in [5, 5.41) is 4.83. The molecule has 1 aliphatic rings. The van der Waals surface area contributed by atoms with E-state index in [0.29, 0.717) is 0 Å². The van der Waals surface area contributed by atoms with Gasteiger partial charge in [-0.3, -0.25) is 0 Å². The van der Waals surface area contributed by atoms with Crippen molar-refractivity contribution in [2.45, 2.75) is 32.7 Å². The van der Waals surface area contributed by atoms with Gasteiger partial charge in [0.2, 0.25) is 0 Å². The first kappa shape index (κ1) is 13.0. The summed E-state index contributed by atoms with van der Waals surface area (Å²) in [5.41, 5.74) is 0. The molecule has 1 aliphatic heterocycles. The molecular weight excluding hydrogens is 230 g/mol. The highest BCUT2D eigenvalue weighted by Gasteiger charge is 2.15. The summed E-state index contributed by atoms with van der Waals surface area (Å²) in [6.45, 7) is 6.82. The van der Waals surface area contributed by atoms with E-state index in [2.05, 4.69) is 29.2 Å². The third-order valence-corrected chi connectivity index (χ3v) is 4.62. The lowest BCUT2D eigenvalue weighted by atomic mass is 9.97. The van der Waals surface area contributed by atoms with Gasteiger partial charge in [-0.15, -0.1) is 11.3 Å². The van der Waals surface area contributed by atoms with Gasteiger partial charge >= 0.3 is 0 Å². The van der Waals surface area contributed by atoms with Crippen molar-refractivity contribution in [2.24, 2.45) is 5.92 Å². The molecule has 2 rings (SSSR count). The number of piperidine rings is 1. The van der Waals surface area contributed by atoms with Gasteiger partial charge in [-0.25, -0.2) is 4.98 Å². The molecule has 4 heteroatoms. The van der Waals surface area contributed by atoms with Gasteiger partial charge in [-0.1, -0.05) is 6.92 Å². The molecule has 1 saturated heterocycles. The molecule has 0 radical (unpaired) electrons. The van der Waals surface area contributed by atoms with E-state index in [1.807, 2.05) is 17.5 Å². The molecular formula is C13H23N3S. The topological polar surface area (TPSA) is 28.2 Å². The molecule has 1 aromatic rings. The highest BCUT2D eigenvalue weighted by molar-refractivity contribution is 7.11. The molecule has 0 unspecified atom stereocenters. The third-order valence-electron chi connectivity index (χ3n) is 3.47. The van der Waals surface area contributed by atoms with E-state index in [0.717, 1.165) is 25.4 Å². The van der Waals surface area contributed by atoms with Crippen LogP contribution in [0.1, 0.15) is 29.7 Å². The zero-order chi connectivity index (χ0) is 12.1. The van der Waals surface area contributed by atoms with Crippen molar-refractivity contribution in [1.29, 1.82) is 0 Å². The Morgan fingerprint density at radius 1 is 1.47 bits per heavy atom. The number of nitrogens with zero attached hydrogens (tertiary/aromatic N) is 2. The zero-order valence-corrected chi connectivity index (χ0v) is 11.7. The van der Waals surface area contributed by atoms with E-state index in [9.17, 15) is 0 Å². The highest BCUT2D eigenvalue weighted by atomic mass is 32.1. The Bertz CT molecular complexity index is 329. The Morgan fingerprint density at radius 3 is 2.88 bits per heavy atom. The Hall–Kier alpha value is -0.450. The van der Waals surface area contributed by atoms with Gasteiger partial charge in [-0.05, 0) is 51.9 Å². The molecule has 3 nitrogen and oxygen atoms in total. The summed E-state index contributed by atoms with van der Waals surface area (Å²) >= 11 is 1.84. The van der Waals surface area contributed by atoms with Crippen molar-refractivity contribution in [3.05, 3.63) is 16.1 Å². The number of rotatable bonds is 5. The van der Waals surface area contributed by atoms with Crippen molar-refractivity contribution in [3.63, 3.8) is 0 Å². The van der Waals surface area contributed by atoms with E-state index in [-0.39, 0.29) is 0 Å². The SMILES string of the molecule is CCc1ncc(CNCC2CCN(C)CC2)s1. The second-order valence-corrected chi connectivity index (χ2v) is 6.15. The Balaban J connectivity index is 1.65. The number of aryl methyl sites for hydroxylation is 1. The predicted molar refractivity (Wildman–Crippen MR) is 73.4 cm³/mol. The van der Waals surface area contributed by atoms with E-state index in [1.165, 1.54) is 35.8 Å². The maximum Gasteiger partial charge on any atom is 0.0925 e. The lowest BCUT2D eigenvalue weighted by molar-refractivity contribution is 0.216. The normalized spacial score (nSPS) is 18.7. The quantitative estimate of drug-likeness (QED) is 0.871. The van der Waals surface area contributed by atoms with Crippen LogP contribution in [0.25, 0.3) is 0 Å². The average molecular weight is 253 g/mol. The summed E-state index contributed by atoms with van der Waals surface area (Å²) in [4.78, 5) is 8.18. The highest BCUT2D eigenvalue weighted by Crippen LogP contribution is 2.16. The molecule has 0 aromatic carbocycles. The summed E-state index contributed by atoms with van der Waals surface area (Å²) in [7, 11) is 2.22. The van der Waals surface area contributed by atoms with Crippen LogP contribution in [0.5, 0.6) is 0 Å². The first-order chi connectivity index (χ1) is 8.28. The van der Waals surface area contributed by atoms with Crippen LogP contribution in [0.3, 0.4) is 0 Å². The monoisotopic (exact) mass is 253 g/mol. The fourth-order valence-electron chi connectivity index (χ4n) is 2.26. The number of hydrogen-bond donors (Lipinski definition) is 1. The molecule has 1 fully saturated rings. The lowest BCUT2D eigenvalue weighted by Crippen LogP contribution is -2.34. The molecule has 0 aliphatic carbocycles. The van der Waals surface area contributed by atoms with Crippen LogP contribution in [0.2, 0.25) is 0 Å². The van der Waals surface area contributed by atoms with E-state index in [4.69, 9.17) is 0 Å². The number of nitrogens with one attached hydrogen (secondary N) is 1. The molecule has 2 heterocycles. The zero-order valence-electron chi connectivity index (χ0n) is 10.9. The van der Waals surface area contributed by atoms with Gasteiger partial charge in [0.1, 0.15) is 0 Å². The summed E-state index contributed by atoms with van der Waals surface area (Å²) < 4.78 is 0. The number of thiazole rings is 1. The second kappa shape index (κ2) is 6.47. The summed E-state index contributed by atoms with van der Waals surface area (Å²) in [6, 6.07) is 0. The van der Waals surface area contributed by atoms with Crippen molar-refractivity contribution in [1.82, 2.24) is 15.2 Å². The minimum absolute atomic E-state index is 0.866. The Labute approximate surface area is 108 Å². The number of aromatic nitrogens is 1. The maximum atomic E-state index is 4.38. The van der Waals surface area contributed by atoms with Crippen LogP contribution in [-0.2, 0) is 13.0 Å². The molecule has 0 spiro atoms. The predicted octanol–water partition coefficient (Wildman–Crippen LogP) is 2.14. The summed E-state index contributed by atoms with van der Waals surface area (Å²) in [6.07, 6.45) is 5.75. The van der Waals surface area contributed by atoms with E-state index < -0.39 is 0 Å². The van der Waals surface area contributed by atoms with E-state index >= 15 is 0 Å². The first-order valence-corrected chi connectivity index (χ1v) is 7.42. The van der Waals surface area contributed by atoms with Gasteiger partial charge in [0, 0.05) is 17.6 Å². The fraction of sp³-hybridized carbons (Fsp3) is 0.769. The van der Waals surface area contributed by atoms with Crippen molar-refractivity contribution in [3.8, 4) is 0 Å². The maximum absolute atomic E-state index is 4.38. The molecule has 0 atom stereocenters. The van der Waals surface area contributed by atoms with Crippen molar-refractivity contribution >= 4 is 11.3 Å². The molecule has 0 amide bonds. The molecule has 0 bridgehead atoms. The van der Waals surface area contributed by atoms with Gasteiger partial charge < -0.3 is 10.2 Å². The van der Waals surface area contributed by atoms with Crippen molar-refractivity contribution < 1.29 is 0 Å². The van der Waals surface area contributed by atoms with Crippen LogP contribution in [0.15, 0.2) is 6.20 Å². The molecule has 17 heavy (non-hydrogen) atoms. The number of likely N-dealkylation sites (tertiary alicyclic amines) is 1. The lowest BCUT2D eigenvalue weighted by Gasteiger charge is -2.28. The third kappa shape index (κ3) is 4.05. The Morgan fingerprint density at radius 2 is 2.24 bits per heavy atom. The van der Waals surface area contributed by atoms with Gasteiger partial charge in [0.05, 0.1) is 5.01 Å². The minimum Gasteiger partial charge on any atom is -0.312 e. The van der Waals surface area contributed by atoms with Gasteiger partial charge in [-0.2, -0.15) is 0 Å². The van der Waals surface area contributed by atoms with Crippen LogP contribution < -0.4 is 5.32 Å². The Kier molecular flexibility index (Phi) is 4.95. The molecule has 1 N–H and O–H groups in total. The van der Waals surface area contributed by atoms with Crippen LogP contribution >= 0.6 is 11.3 Å². The summed E-state index contributed by atoms with van der Waals surface area (Å²) in [5.74, 6) is 0.866. The smallest absolute Gasteiger partial charge is 0.0925 e. The van der Waals surface area contributed by atoms with Crippen LogP contribution in [0.4, 0.5) is 0 Å². The first-order valence-electron chi connectivity index (χ1n) is 6.60. The average Bonchev–Trinajstić information content (AvgIpc) is 2.80. The second-order valence-electron chi connectivity index (χ2n) is 4.95. The standard InChI is InChI=1S/C13H23N3S/c1-3-13-15-10-12(17-13)9-14-8-11-4-6-16(2)7-5-11/h10-11,14H,3-9H2,1-2H3. The van der Waals surface area contributed by atoms with Crippen LogP contribution in [-0.4, -0.2) is 36.6 Å². The largest absolute Gasteiger partial charge is 0.312 e. The van der Waals surface area contributed by atoms with Crippen LogP contribution in [0, 0.1) is 5.92 Å². The fourth-order valence-corrected chi connectivity index (χ4v) is 3.09. The van der Waals surface area contributed by atoms with E-state index in [1.54, 1.807) is 0 Å².